The molecule has 0 aliphatic carbocycles. The fourth-order valence-electron chi connectivity index (χ4n) is 2.09. The van der Waals surface area contributed by atoms with Crippen LogP contribution in [0.15, 0.2) is 46.9 Å². The molecule has 0 saturated heterocycles. The molecule has 0 bridgehead atoms. The highest BCUT2D eigenvalue weighted by Gasteiger charge is 2.20. The van der Waals surface area contributed by atoms with E-state index in [1.165, 1.54) is 19.1 Å². The number of carbonyl (C=O) groups excluding carboxylic acids is 2. The molecule has 6 nitrogen and oxygen atoms in total. The van der Waals surface area contributed by atoms with Gasteiger partial charge in [0.2, 0.25) is 0 Å². The minimum atomic E-state index is -1.12. The first-order chi connectivity index (χ1) is 12.9. The van der Waals surface area contributed by atoms with Gasteiger partial charge in [0, 0.05) is 4.47 Å². The second-order valence-corrected chi connectivity index (χ2v) is 6.33. The van der Waals surface area contributed by atoms with Crippen molar-refractivity contribution in [2.75, 3.05) is 18.5 Å². The normalized spacial score (nSPS) is 11.4. The maximum atomic E-state index is 13.8. The lowest BCUT2D eigenvalue weighted by atomic mass is 10.3. The highest BCUT2D eigenvalue weighted by molar-refractivity contribution is 9.10. The molecular formula is C19H19BrFNO5. The predicted octanol–water partition coefficient (Wildman–Crippen LogP) is 3.94. The van der Waals surface area contributed by atoms with Gasteiger partial charge in [-0.3, -0.25) is 4.79 Å². The Morgan fingerprint density at radius 3 is 2.44 bits per heavy atom. The zero-order valence-electron chi connectivity index (χ0n) is 14.8. The number of hydrogen-bond acceptors (Lipinski definition) is 5. The number of rotatable bonds is 8. The molecule has 0 saturated carbocycles. The average Bonchev–Trinajstić information content (AvgIpc) is 2.63. The summed E-state index contributed by atoms with van der Waals surface area (Å²) in [6.07, 6.45) is -1.12. The maximum Gasteiger partial charge on any atom is 0.344 e. The minimum Gasteiger partial charge on any atom is -0.490 e. The number of benzene rings is 2. The maximum absolute atomic E-state index is 13.8. The topological polar surface area (TPSA) is 73.9 Å². The first-order valence-corrected chi connectivity index (χ1v) is 9.00. The van der Waals surface area contributed by atoms with Crippen LogP contribution >= 0.6 is 15.9 Å². The molecule has 1 amide bonds. The lowest BCUT2D eigenvalue weighted by Gasteiger charge is -2.15. The first-order valence-electron chi connectivity index (χ1n) is 8.20. The SMILES string of the molecule is CCOc1ccccc1OCC(=O)OC(C)C(=O)Nc1ccc(Br)cc1F. The summed E-state index contributed by atoms with van der Waals surface area (Å²) in [5.41, 5.74) is -0.00649. The Morgan fingerprint density at radius 2 is 1.81 bits per heavy atom. The van der Waals surface area contributed by atoms with Crippen LogP contribution in [-0.2, 0) is 14.3 Å². The number of hydrogen-bond donors (Lipinski definition) is 1. The van der Waals surface area contributed by atoms with Gasteiger partial charge in [0.15, 0.2) is 24.2 Å². The van der Waals surface area contributed by atoms with E-state index in [4.69, 9.17) is 14.2 Å². The minimum absolute atomic E-state index is 0.00649. The van der Waals surface area contributed by atoms with Gasteiger partial charge < -0.3 is 19.5 Å². The summed E-state index contributed by atoms with van der Waals surface area (Å²) in [6, 6.07) is 11.1. The van der Waals surface area contributed by atoms with Crippen molar-refractivity contribution in [1.29, 1.82) is 0 Å². The lowest BCUT2D eigenvalue weighted by molar-refractivity contribution is -0.155. The molecule has 0 aromatic heterocycles. The van der Waals surface area contributed by atoms with Crippen molar-refractivity contribution in [3.8, 4) is 11.5 Å². The van der Waals surface area contributed by atoms with E-state index >= 15 is 0 Å². The van der Waals surface area contributed by atoms with E-state index in [0.29, 0.717) is 22.6 Å². The van der Waals surface area contributed by atoms with Gasteiger partial charge in [-0.15, -0.1) is 0 Å². The number of anilines is 1. The van der Waals surface area contributed by atoms with Crippen LogP contribution in [-0.4, -0.2) is 31.2 Å². The van der Waals surface area contributed by atoms with Crippen LogP contribution < -0.4 is 14.8 Å². The number of nitrogens with one attached hydrogen (secondary N) is 1. The third kappa shape index (κ3) is 6.25. The largest absolute Gasteiger partial charge is 0.490 e. The van der Waals surface area contributed by atoms with Gasteiger partial charge in [0.1, 0.15) is 5.82 Å². The Hall–Kier alpha value is -2.61. The molecule has 2 aromatic carbocycles. The molecule has 1 N–H and O–H groups in total. The summed E-state index contributed by atoms with van der Waals surface area (Å²) in [4.78, 5) is 24.0. The third-order valence-corrected chi connectivity index (χ3v) is 3.85. The summed E-state index contributed by atoms with van der Waals surface area (Å²) < 4.78 is 30.1. The standard InChI is InChI=1S/C19H19BrFNO5/c1-3-25-16-6-4-5-7-17(16)26-11-18(23)27-12(2)19(24)22-15-9-8-13(20)10-14(15)21/h4-10,12H,3,11H2,1-2H3,(H,22,24). The number of para-hydroxylation sites is 2. The highest BCUT2D eigenvalue weighted by atomic mass is 79.9. The number of halogens is 2. The molecule has 0 aliphatic heterocycles. The van der Waals surface area contributed by atoms with E-state index < -0.39 is 30.4 Å². The van der Waals surface area contributed by atoms with Crippen molar-refractivity contribution in [1.82, 2.24) is 0 Å². The van der Waals surface area contributed by atoms with Crippen molar-refractivity contribution in [3.05, 3.63) is 52.8 Å². The summed E-state index contributed by atoms with van der Waals surface area (Å²) in [5.74, 6) is -1.10. The van der Waals surface area contributed by atoms with Gasteiger partial charge in [-0.1, -0.05) is 28.1 Å². The Morgan fingerprint density at radius 1 is 1.15 bits per heavy atom. The van der Waals surface area contributed by atoms with Gasteiger partial charge >= 0.3 is 5.97 Å². The molecule has 1 atom stereocenters. The summed E-state index contributed by atoms with van der Waals surface area (Å²) in [6.45, 7) is 3.28. The van der Waals surface area contributed by atoms with Crippen LogP contribution in [0.25, 0.3) is 0 Å². The molecule has 0 aliphatic rings. The predicted molar refractivity (Wildman–Crippen MR) is 101 cm³/mol. The van der Waals surface area contributed by atoms with Crippen LogP contribution in [0.1, 0.15) is 13.8 Å². The first kappa shape index (κ1) is 20.7. The Balaban J connectivity index is 1.87. The molecule has 2 aromatic rings. The monoisotopic (exact) mass is 439 g/mol. The van der Waals surface area contributed by atoms with Gasteiger partial charge in [0.05, 0.1) is 12.3 Å². The summed E-state index contributed by atoms with van der Waals surface area (Å²) in [7, 11) is 0. The van der Waals surface area contributed by atoms with Crippen molar-refractivity contribution < 1.29 is 28.2 Å². The highest BCUT2D eigenvalue weighted by Crippen LogP contribution is 2.26. The summed E-state index contributed by atoms with van der Waals surface area (Å²) >= 11 is 3.13. The number of amides is 1. The van der Waals surface area contributed by atoms with E-state index in [2.05, 4.69) is 21.2 Å². The molecule has 8 heteroatoms. The van der Waals surface area contributed by atoms with Crippen molar-refractivity contribution in [3.63, 3.8) is 0 Å². The van der Waals surface area contributed by atoms with E-state index in [1.807, 2.05) is 6.92 Å². The molecule has 2 rings (SSSR count). The molecule has 0 fully saturated rings. The van der Waals surface area contributed by atoms with Gasteiger partial charge in [-0.25, -0.2) is 9.18 Å². The number of esters is 1. The lowest BCUT2D eigenvalue weighted by Crippen LogP contribution is -2.32. The third-order valence-electron chi connectivity index (χ3n) is 3.36. The zero-order chi connectivity index (χ0) is 19.8. The molecule has 0 heterocycles. The van der Waals surface area contributed by atoms with Gasteiger partial charge in [-0.2, -0.15) is 0 Å². The molecule has 27 heavy (non-hydrogen) atoms. The molecule has 1 unspecified atom stereocenters. The second kappa shape index (κ2) is 9.91. The quantitative estimate of drug-likeness (QED) is 0.630. The Labute approximate surface area is 164 Å². The van der Waals surface area contributed by atoms with Gasteiger partial charge in [0.25, 0.3) is 5.91 Å². The van der Waals surface area contributed by atoms with Crippen LogP contribution in [0.2, 0.25) is 0 Å². The number of ether oxygens (including phenoxy) is 3. The van der Waals surface area contributed by atoms with Gasteiger partial charge in [-0.05, 0) is 44.2 Å². The molecule has 0 radical (unpaired) electrons. The fraction of sp³-hybridized carbons (Fsp3) is 0.263. The summed E-state index contributed by atoms with van der Waals surface area (Å²) in [5, 5.41) is 2.37. The van der Waals surface area contributed by atoms with Crippen LogP contribution in [0.4, 0.5) is 10.1 Å². The van der Waals surface area contributed by atoms with Crippen molar-refractivity contribution in [2.24, 2.45) is 0 Å². The Bertz CT molecular complexity index is 814. The molecule has 0 spiro atoms. The van der Waals surface area contributed by atoms with Crippen molar-refractivity contribution >= 4 is 33.5 Å². The van der Waals surface area contributed by atoms with Crippen LogP contribution in [0.5, 0.6) is 11.5 Å². The van der Waals surface area contributed by atoms with E-state index in [9.17, 15) is 14.0 Å². The molecule has 144 valence electrons. The van der Waals surface area contributed by atoms with Crippen molar-refractivity contribution in [2.45, 2.75) is 20.0 Å². The fourth-order valence-corrected chi connectivity index (χ4v) is 2.42. The second-order valence-electron chi connectivity index (χ2n) is 5.41. The smallest absolute Gasteiger partial charge is 0.344 e. The number of carbonyl (C=O) groups is 2. The van der Waals surface area contributed by atoms with E-state index in [-0.39, 0.29) is 5.69 Å². The zero-order valence-corrected chi connectivity index (χ0v) is 16.4. The molecular weight excluding hydrogens is 421 g/mol. The van der Waals surface area contributed by atoms with Crippen LogP contribution in [0.3, 0.4) is 0 Å². The van der Waals surface area contributed by atoms with Crippen LogP contribution in [0, 0.1) is 5.82 Å². The Kier molecular flexibility index (Phi) is 7.60. The van der Waals surface area contributed by atoms with E-state index in [0.717, 1.165) is 0 Å². The average molecular weight is 440 g/mol. The van der Waals surface area contributed by atoms with E-state index in [1.54, 1.807) is 30.3 Å².